The highest BCUT2D eigenvalue weighted by molar-refractivity contribution is 5.51. The lowest BCUT2D eigenvalue weighted by molar-refractivity contribution is 0.248. The van der Waals surface area contributed by atoms with Crippen molar-refractivity contribution in [2.24, 2.45) is 0 Å². The van der Waals surface area contributed by atoms with Crippen LogP contribution in [0.25, 0.3) is 11.5 Å². The van der Waals surface area contributed by atoms with Gasteiger partial charge in [0.2, 0.25) is 5.82 Å². The standard InChI is InChI=1S/C28H38N8/c1-3-5-12-25-29-26(13-6-4-2)36(32-25)21-22-14-16-23(17-15-22)28(18-8-7-9-19-28)35-20-10-11-24(35)27-30-33-34-31-27/h10-11,14-17,20H,3-9,12-13,18-19,21H2,1-2H3,(H,30,31,33,34). The molecule has 0 unspecified atom stereocenters. The predicted molar refractivity (Wildman–Crippen MR) is 141 cm³/mol. The SMILES string of the molecule is CCCCc1nc(CCCC)n(Cc2ccc(C3(n4cccc4-c4nn[nH]n4)CCCCC3)cc2)n1. The van der Waals surface area contributed by atoms with Crippen LogP contribution in [0.2, 0.25) is 0 Å². The summed E-state index contributed by atoms with van der Waals surface area (Å²) in [6, 6.07) is 13.4. The smallest absolute Gasteiger partial charge is 0.221 e. The van der Waals surface area contributed by atoms with E-state index in [0.717, 1.165) is 68.8 Å². The first kappa shape index (κ1) is 24.4. The number of unbranched alkanes of at least 4 members (excludes halogenated alkanes) is 2. The third-order valence-electron chi connectivity index (χ3n) is 7.59. The Kier molecular flexibility index (Phi) is 7.58. The van der Waals surface area contributed by atoms with E-state index in [1.807, 2.05) is 0 Å². The van der Waals surface area contributed by atoms with Gasteiger partial charge in [0, 0.05) is 19.0 Å². The third-order valence-corrected chi connectivity index (χ3v) is 7.59. The molecule has 0 amide bonds. The highest BCUT2D eigenvalue weighted by atomic mass is 15.5. The van der Waals surface area contributed by atoms with E-state index in [4.69, 9.17) is 10.1 Å². The minimum atomic E-state index is -0.0941. The van der Waals surface area contributed by atoms with Crippen molar-refractivity contribution < 1.29 is 0 Å². The summed E-state index contributed by atoms with van der Waals surface area (Å²) < 4.78 is 4.51. The first-order valence-corrected chi connectivity index (χ1v) is 13.7. The zero-order chi connectivity index (χ0) is 24.8. The largest absolute Gasteiger partial charge is 0.335 e. The molecule has 3 aromatic heterocycles. The van der Waals surface area contributed by atoms with Crippen molar-refractivity contribution in [3.63, 3.8) is 0 Å². The van der Waals surface area contributed by atoms with Gasteiger partial charge < -0.3 is 4.57 Å². The van der Waals surface area contributed by atoms with Gasteiger partial charge in [-0.15, -0.1) is 10.2 Å². The van der Waals surface area contributed by atoms with Gasteiger partial charge in [-0.2, -0.15) is 10.3 Å². The fourth-order valence-electron chi connectivity index (χ4n) is 5.62. The minimum Gasteiger partial charge on any atom is -0.335 e. The molecular formula is C28H38N8. The number of nitrogens with zero attached hydrogens (tertiary/aromatic N) is 7. The van der Waals surface area contributed by atoms with Gasteiger partial charge in [0.15, 0.2) is 5.82 Å². The summed E-state index contributed by atoms with van der Waals surface area (Å²) in [6.45, 7) is 5.21. The zero-order valence-corrected chi connectivity index (χ0v) is 21.7. The molecular weight excluding hydrogens is 448 g/mol. The summed E-state index contributed by atoms with van der Waals surface area (Å²) in [4.78, 5) is 4.88. The van der Waals surface area contributed by atoms with Gasteiger partial charge in [-0.25, -0.2) is 9.67 Å². The molecule has 1 N–H and O–H groups in total. The Morgan fingerprint density at radius 1 is 0.944 bits per heavy atom. The van der Waals surface area contributed by atoms with Crippen LogP contribution in [0.5, 0.6) is 0 Å². The van der Waals surface area contributed by atoms with Crippen molar-refractivity contribution in [2.75, 3.05) is 0 Å². The van der Waals surface area contributed by atoms with E-state index in [9.17, 15) is 0 Å². The summed E-state index contributed by atoms with van der Waals surface area (Å²) >= 11 is 0. The molecule has 0 saturated heterocycles. The lowest BCUT2D eigenvalue weighted by Crippen LogP contribution is -2.37. The van der Waals surface area contributed by atoms with Crippen LogP contribution in [0.15, 0.2) is 42.6 Å². The molecule has 0 bridgehead atoms. The highest BCUT2D eigenvalue weighted by Crippen LogP contribution is 2.43. The number of benzene rings is 1. The lowest BCUT2D eigenvalue weighted by Gasteiger charge is -2.40. The van der Waals surface area contributed by atoms with Crippen LogP contribution < -0.4 is 0 Å². The van der Waals surface area contributed by atoms with Crippen molar-refractivity contribution in [1.29, 1.82) is 0 Å². The lowest BCUT2D eigenvalue weighted by atomic mass is 9.76. The number of rotatable bonds is 11. The Labute approximate surface area is 213 Å². The second kappa shape index (κ2) is 11.2. The summed E-state index contributed by atoms with van der Waals surface area (Å²) in [7, 11) is 0. The molecule has 8 nitrogen and oxygen atoms in total. The second-order valence-electron chi connectivity index (χ2n) is 10.1. The molecule has 1 aliphatic carbocycles. The van der Waals surface area contributed by atoms with Gasteiger partial charge >= 0.3 is 0 Å². The normalized spacial score (nSPS) is 15.4. The van der Waals surface area contributed by atoms with Crippen molar-refractivity contribution in [2.45, 2.75) is 96.6 Å². The summed E-state index contributed by atoms with van der Waals surface area (Å²) in [5.74, 6) is 2.75. The number of hydrogen-bond acceptors (Lipinski definition) is 5. The first-order chi connectivity index (χ1) is 17.7. The Balaban J connectivity index is 1.42. The van der Waals surface area contributed by atoms with E-state index >= 15 is 0 Å². The van der Waals surface area contributed by atoms with Gasteiger partial charge in [-0.1, -0.05) is 70.2 Å². The molecule has 1 aliphatic rings. The van der Waals surface area contributed by atoms with Crippen LogP contribution in [-0.4, -0.2) is 40.0 Å². The number of aromatic amines is 1. The van der Waals surface area contributed by atoms with Crippen LogP contribution >= 0.6 is 0 Å². The molecule has 0 radical (unpaired) electrons. The molecule has 8 heteroatoms. The summed E-state index contributed by atoms with van der Waals surface area (Å²) in [5.41, 5.74) is 3.53. The number of aromatic nitrogens is 8. The molecule has 190 valence electrons. The van der Waals surface area contributed by atoms with Crippen LogP contribution in [-0.2, 0) is 24.9 Å². The molecule has 1 saturated carbocycles. The first-order valence-electron chi connectivity index (χ1n) is 13.7. The number of nitrogens with one attached hydrogen (secondary N) is 1. The van der Waals surface area contributed by atoms with Gasteiger partial charge in [-0.05, 0) is 54.2 Å². The zero-order valence-electron chi connectivity index (χ0n) is 21.7. The van der Waals surface area contributed by atoms with Gasteiger partial charge in [0.25, 0.3) is 0 Å². The van der Waals surface area contributed by atoms with Gasteiger partial charge in [0.1, 0.15) is 5.82 Å². The Morgan fingerprint density at radius 3 is 2.44 bits per heavy atom. The van der Waals surface area contributed by atoms with E-state index in [2.05, 4.69) is 86.3 Å². The Bertz CT molecular complexity index is 1210. The summed E-state index contributed by atoms with van der Waals surface area (Å²) in [5, 5.41) is 19.8. The second-order valence-corrected chi connectivity index (χ2v) is 10.1. The van der Waals surface area contributed by atoms with Crippen LogP contribution in [0.4, 0.5) is 0 Å². The summed E-state index contributed by atoms with van der Waals surface area (Å²) in [6.07, 6.45) is 14.7. The van der Waals surface area contributed by atoms with Crippen LogP contribution in [0.1, 0.15) is 94.4 Å². The maximum Gasteiger partial charge on any atom is 0.221 e. The topological polar surface area (TPSA) is 90.1 Å². The third kappa shape index (κ3) is 4.99. The molecule has 0 atom stereocenters. The molecule has 5 rings (SSSR count). The molecule has 1 aromatic carbocycles. The predicted octanol–water partition coefficient (Wildman–Crippen LogP) is 5.70. The Hall–Kier alpha value is -3.29. The molecule has 4 aromatic rings. The number of H-pyrrole nitrogens is 1. The van der Waals surface area contributed by atoms with E-state index < -0.39 is 0 Å². The number of aryl methyl sites for hydroxylation is 2. The number of tetrazole rings is 1. The molecule has 3 heterocycles. The monoisotopic (exact) mass is 486 g/mol. The van der Waals surface area contributed by atoms with E-state index in [1.165, 1.54) is 36.8 Å². The fraction of sp³-hybridized carbons (Fsp3) is 0.536. The van der Waals surface area contributed by atoms with Crippen molar-refractivity contribution in [1.82, 2.24) is 40.0 Å². The molecule has 0 spiro atoms. The maximum atomic E-state index is 4.88. The molecule has 0 aliphatic heterocycles. The van der Waals surface area contributed by atoms with E-state index in [1.54, 1.807) is 0 Å². The Morgan fingerprint density at radius 2 is 1.72 bits per heavy atom. The molecule has 1 fully saturated rings. The average molecular weight is 487 g/mol. The van der Waals surface area contributed by atoms with E-state index in [-0.39, 0.29) is 5.54 Å². The quantitative estimate of drug-likeness (QED) is 0.294. The van der Waals surface area contributed by atoms with Crippen molar-refractivity contribution in [3.8, 4) is 11.5 Å². The number of hydrogen-bond donors (Lipinski definition) is 1. The molecule has 36 heavy (non-hydrogen) atoms. The van der Waals surface area contributed by atoms with E-state index in [0.29, 0.717) is 5.82 Å². The van der Waals surface area contributed by atoms with Crippen molar-refractivity contribution >= 4 is 0 Å². The van der Waals surface area contributed by atoms with Gasteiger partial charge in [0.05, 0.1) is 17.8 Å². The fourth-order valence-corrected chi connectivity index (χ4v) is 5.62. The minimum absolute atomic E-state index is 0.0941. The van der Waals surface area contributed by atoms with Crippen molar-refractivity contribution in [3.05, 3.63) is 65.4 Å². The average Bonchev–Trinajstić information content (AvgIpc) is 3.68. The van der Waals surface area contributed by atoms with Gasteiger partial charge in [-0.3, -0.25) is 0 Å². The van der Waals surface area contributed by atoms with Crippen LogP contribution in [0, 0.1) is 0 Å². The maximum absolute atomic E-state index is 4.88. The highest BCUT2D eigenvalue weighted by Gasteiger charge is 2.37. The van der Waals surface area contributed by atoms with Crippen LogP contribution in [0.3, 0.4) is 0 Å².